The van der Waals surface area contributed by atoms with Gasteiger partial charge >= 0.3 is 10.4 Å². The maximum atomic E-state index is 9.68. The second-order valence-corrected chi connectivity index (χ2v) is 2.93. The number of rotatable bonds is 4. The molecule has 1 N–H and O–H groups in total. The summed E-state index contributed by atoms with van der Waals surface area (Å²) in [5, 5.41) is 0. The van der Waals surface area contributed by atoms with Crippen LogP contribution >= 0.6 is 12.6 Å². The van der Waals surface area contributed by atoms with E-state index in [1.165, 1.54) is 6.08 Å². The predicted molar refractivity (Wildman–Crippen MR) is 51.7 cm³/mol. The molecule has 12 heavy (non-hydrogen) atoms. The zero-order chi connectivity index (χ0) is 10.0. The van der Waals surface area contributed by atoms with E-state index in [2.05, 4.69) is 30.0 Å². The number of hydrogen-bond acceptors (Lipinski definition) is 4. The summed E-state index contributed by atoms with van der Waals surface area (Å²) in [6, 6.07) is 0. The molecular weight excluding hydrogens is 200 g/mol. The molecule has 0 saturated heterocycles. The Balaban J connectivity index is 0. The van der Waals surface area contributed by atoms with Crippen molar-refractivity contribution in [3.8, 4) is 0 Å². The molecule has 0 fully saturated rings. The molecule has 0 aliphatic heterocycles. The zero-order valence-corrected chi connectivity index (χ0v) is 8.22. The highest BCUT2D eigenvalue weighted by molar-refractivity contribution is 7.81. The van der Waals surface area contributed by atoms with Gasteiger partial charge in [0, 0.05) is 5.75 Å². The lowest BCUT2D eigenvalue weighted by Gasteiger charge is -1.90. The van der Waals surface area contributed by atoms with Crippen molar-refractivity contribution in [3.05, 3.63) is 25.3 Å². The van der Waals surface area contributed by atoms with Gasteiger partial charge in [0.1, 0.15) is 0 Å². The van der Waals surface area contributed by atoms with Gasteiger partial charge in [-0.3, -0.25) is 4.55 Å². The van der Waals surface area contributed by atoms with Gasteiger partial charge in [-0.1, -0.05) is 12.2 Å². The first kappa shape index (κ1) is 14.2. The second kappa shape index (κ2) is 8.79. The van der Waals surface area contributed by atoms with Crippen molar-refractivity contribution in [3.63, 3.8) is 0 Å². The van der Waals surface area contributed by atoms with E-state index in [-0.39, 0.29) is 6.61 Å². The molecule has 4 nitrogen and oxygen atoms in total. The van der Waals surface area contributed by atoms with Crippen LogP contribution in [0.4, 0.5) is 0 Å². The molecule has 6 heteroatoms. The van der Waals surface area contributed by atoms with E-state index in [0.717, 1.165) is 5.75 Å². The Kier molecular flexibility index (Phi) is 10.4. The highest BCUT2D eigenvalue weighted by atomic mass is 32.3. The van der Waals surface area contributed by atoms with Crippen LogP contribution in [-0.4, -0.2) is 25.3 Å². The third-order valence-electron chi connectivity index (χ3n) is 0.464. The molecule has 0 aromatic rings. The van der Waals surface area contributed by atoms with Crippen molar-refractivity contribution in [2.45, 2.75) is 0 Å². The Morgan fingerprint density at radius 3 is 1.92 bits per heavy atom. The normalized spacial score (nSPS) is 9.50. The number of thiol groups is 1. The Morgan fingerprint density at radius 1 is 1.42 bits per heavy atom. The number of hydrogen-bond donors (Lipinski definition) is 2. The van der Waals surface area contributed by atoms with E-state index in [9.17, 15) is 8.42 Å². The van der Waals surface area contributed by atoms with Gasteiger partial charge in [-0.15, -0.1) is 13.2 Å². The van der Waals surface area contributed by atoms with Gasteiger partial charge in [0.2, 0.25) is 0 Å². The smallest absolute Gasteiger partial charge is 0.264 e. The monoisotopic (exact) mass is 212 g/mol. The van der Waals surface area contributed by atoms with Crippen molar-refractivity contribution in [2.75, 3.05) is 12.4 Å². The molecular formula is C6H12O4S2. The molecule has 0 saturated carbocycles. The molecule has 0 aliphatic carbocycles. The minimum atomic E-state index is -4.26. The highest BCUT2D eigenvalue weighted by Gasteiger charge is 1.99. The van der Waals surface area contributed by atoms with Gasteiger partial charge < -0.3 is 0 Å². The highest BCUT2D eigenvalue weighted by Crippen LogP contribution is 1.83. The van der Waals surface area contributed by atoms with Crippen LogP contribution in [0.15, 0.2) is 25.3 Å². The maximum absolute atomic E-state index is 9.68. The summed E-state index contributed by atoms with van der Waals surface area (Å²) in [4.78, 5) is 0. The lowest BCUT2D eigenvalue weighted by atomic mass is 10.7. The van der Waals surface area contributed by atoms with Gasteiger partial charge in [0.15, 0.2) is 0 Å². The van der Waals surface area contributed by atoms with Crippen molar-refractivity contribution in [2.24, 2.45) is 0 Å². The van der Waals surface area contributed by atoms with E-state index in [1.807, 2.05) is 0 Å². The fraction of sp³-hybridized carbons (Fsp3) is 0.333. The van der Waals surface area contributed by atoms with E-state index in [1.54, 1.807) is 6.08 Å². The summed E-state index contributed by atoms with van der Waals surface area (Å²) in [6.45, 7) is 6.37. The van der Waals surface area contributed by atoms with Gasteiger partial charge in [-0.2, -0.15) is 21.0 Å². The second-order valence-electron chi connectivity index (χ2n) is 1.47. The molecule has 0 unspecified atom stereocenters. The summed E-state index contributed by atoms with van der Waals surface area (Å²) in [7, 11) is -4.26. The summed E-state index contributed by atoms with van der Waals surface area (Å²) in [5.41, 5.74) is 0. The molecule has 72 valence electrons. The minimum absolute atomic E-state index is 0.196. The molecule has 0 aliphatic rings. The first-order chi connectivity index (χ1) is 5.47. The van der Waals surface area contributed by atoms with E-state index < -0.39 is 10.4 Å². The van der Waals surface area contributed by atoms with Crippen LogP contribution in [0.25, 0.3) is 0 Å². The van der Waals surface area contributed by atoms with Crippen LogP contribution in [0.1, 0.15) is 0 Å². The first-order valence-electron chi connectivity index (χ1n) is 2.92. The van der Waals surface area contributed by atoms with Crippen LogP contribution in [0.5, 0.6) is 0 Å². The maximum Gasteiger partial charge on any atom is 0.397 e. The van der Waals surface area contributed by atoms with E-state index >= 15 is 0 Å². The molecule has 0 heterocycles. The van der Waals surface area contributed by atoms with Crippen molar-refractivity contribution in [1.29, 1.82) is 0 Å². The summed E-state index contributed by atoms with van der Waals surface area (Å²) < 4.78 is 31.0. The van der Waals surface area contributed by atoms with Crippen molar-refractivity contribution in [1.82, 2.24) is 0 Å². The third kappa shape index (κ3) is 22.6. The van der Waals surface area contributed by atoms with Crippen molar-refractivity contribution < 1.29 is 17.2 Å². The Bertz CT molecular complexity index is 208. The summed E-state index contributed by atoms with van der Waals surface area (Å²) in [5.74, 6) is 0.778. The van der Waals surface area contributed by atoms with Crippen LogP contribution in [0.2, 0.25) is 0 Å². The lowest BCUT2D eigenvalue weighted by molar-refractivity contribution is 0.296. The van der Waals surface area contributed by atoms with Crippen molar-refractivity contribution >= 4 is 23.0 Å². The topological polar surface area (TPSA) is 63.6 Å². The molecule has 0 aromatic heterocycles. The average molecular weight is 212 g/mol. The van der Waals surface area contributed by atoms with E-state index in [4.69, 9.17) is 4.55 Å². The van der Waals surface area contributed by atoms with Gasteiger partial charge in [0.05, 0.1) is 6.61 Å². The molecule has 0 amide bonds. The van der Waals surface area contributed by atoms with Crippen LogP contribution in [0, 0.1) is 0 Å². The van der Waals surface area contributed by atoms with E-state index in [0.29, 0.717) is 0 Å². The van der Waals surface area contributed by atoms with Gasteiger partial charge in [-0.05, 0) is 0 Å². The minimum Gasteiger partial charge on any atom is -0.264 e. The Hall–Kier alpha value is -0.300. The molecule has 0 spiro atoms. The van der Waals surface area contributed by atoms with Gasteiger partial charge in [0.25, 0.3) is 0 Å². The SMILES string of the molecule is C=CCOS(=O)(=O)O.C=CCS. The first-order valence-corrected chi connectivity index (χ1v) is 4.92. The molecule has 0 aromatic carbocycles. The molecule has 0 atom stereocenters. The molecule has 0 bridgehead atoms. The largest absolute Gasteiger partial charge is 0.397 e. The molecule has 0 radical (unpaired) electrons. The van der Waals surface area contributed by atoms with Crippen LogP contribution in [-0.2, 0) is 14.6 Å². The fourth-order valence-electron chi connectivity index (χ4n) is 0.134. The average Bonchev–Trinajstić information content (AvgIpc) is 2.00. The summed E-state index contributed by atoms with van der Waals surface area (Å²) >= 11 is 3.80. The quantitative estimate of drug-likeness (QED) is 0.416. The zero-order valence-electron chi connectivity index (χ0n) is 6.51. The Morgan fingerprint density at radius 2 is 1.83 bits per heavy atom. The lowest BCUT2D eigenvalue weighted by Crippen LogP contribution is -2.02. The fourth-order valence-corrected chi connectivity index (χ4v) is 0.402. The Labute approximate surface area is 78.3 Å². The summed E-state index contributed by atoms with van der Waals surface area (Å²) in [6.07, 6.45) is 2.96. The predicted octanol–water partition coefficient (Wildman–Crippen LogP) is 1.09. The molecule has 0 rings (SSSR count). The van der Waals surface area contributed by atoms with Crippen LogP contribution in [0.3, 0.4) is 0 Å². The van der Waals surface area contributed by atoms with Gasteiger partial charge in [-0.25, -0.2) is 4.18 Å². The van der Waals surface area contributed by atoms with Crippen LogP contribution < -0.4 is 0 Å². The standard InChI is InChI=1S/C3H6O4S.C3H6S/c1-2-3-7-8(4,5)6;1-2-3-4/h2H,1,3H2,(H,4,5,6);2,4H,1,3H2. The third-order valence-corrected chi connectivity index (χ3v) is 1.16.